The van der Waals surface area contributed by atoms with Gasteiger partial charge in [0.2, 0.25) is 0 Å². The molecular formula is C20H42O2. The zero-order valence-corrected chi connectivity index (χ0v) is 15.7. The van der Waals surface area contributed by atoms with Crippen LogP contribution in [-0.2, 0) is 0 Å². The Labute approximate surface area is 140 Å². The Morgan fingerprint density at radius 2 is 1.45 bits per heavy atom. The molecule has 0 saturated carbocycles. The van der Waals surface area contributed by atoms with Gasteiger partial charge in [0.05, 0.1) is 5.60 Å². The van der Waals surface area contributed by atoms with Crippen LogP contribution >= 0.6 is 0 Å². The third-order valence-electron chi connectivity index (χ3n) is 3.92. The molecule has 0 amide bonds. The lowest BCUT2D eigenvalue weighted by Gasteiger charge is -2.18. The van der Waals surface area contributed by atoms with Crippen LogP contribution in [0.15, 0.2) is 12.7 Å². The minimum Gasteiger partial charge on any atom is -0.396 e. The fraction of sp³-hybridized carbons (Fsp3) is 0.900. The molecule has 0 aliphatic rings. The summed E-state index contributed by atoms with van der Waals surface area (Å²) in [6.45, 7) is 12.4. The highest BCUT2D eigenvalue weighted by Gasteiger charge is 2.14. The highest BCUT2D eigenvalue weighted by Crippen LogP contribution is 2.16. The first-order chi connectivity index (χ1) is 10.4. The van der Waals surface area contributed by atoms with Crippen molar-refractivity contribution in [3.63, 3.8) is 0 Å². The quantitative estimate of drug-likeness (QED) is 0.330. The zero-order valence-electron chi connectivity index (χ0n) is 15.7. The van der Waals surface area contributed by atoms with Crippen LogP contribution in [-0.4, -0.2) is 22.4 Å². The van der Waals surface area contributed by atoms with Crippen molar-refractivity contribution in [2.45, 2.75) is 104 Å². The van der Waals surface area contributed by atoms with E-state index in [4.69, 9.17) is 5.11 Å². The average molecular weight is 315 g/mol. The molecule has 22 heavy (non-hydrogen) atoms. The van der Waals surface area contributed by atoms with E-state index < -0.39 is 5.60 Å². The van der Waals surface area contributed by atoms with E-state index in [1.807, 2.05) is 0 Å². The first-order valence-corrected chi connectivity index (χ1v) is 9.36. The Morgan fingerprint density at radius 1 is 0.955 bits per heavy atom. The fourth-order valence-corrected chi connectivity index (χ4v) is 2.22. The molecule has 0 fully saturated rings. The van der Waals surface area contributed by atoms with Crippen LogP contribution in [0.3, 0.4) is 0 Å². The Balaban J connectivity index is 0. The minimum absolute atomic E-state index is 0.370. The second-order valence-electron chi connectivity index (χ2n) is 7.05. The van der Waals surface area contributed by atoms with Gasteiger partial charge in [0, 0.05) is 6.61 Å². The summed E-state index contributed by atoms with van der Waals surface area (Å²) in [5.74, 6) is 0.732. The van der Waals surface area contributed by atoms with E-state index in [9.17, 15) is 5.11 Å². The molecule has 0 saturated heterocycles. The molecule has 0 bridgehead atoms. The molecule has 0 spiro atoms. The molecule has 2 nitrogen and oxygen atoms in total. The molecule has 0 aliphatic carbocycles. The summed E-state index contributed by atoms with van der Waals surface area (Å²) in [6, 6.07) is 0. The van der Waals surface area contributed by atoms with E-state index in [0.717, 1.165) is 25.2 Å². The second-order valence-corrected chi connectivity index (χ2v) is 7.05. The van der Waals surface area contributed by atoms with Crippen LogP contribution in [0.1, 0.15) is 98.3 Å². The molecule has 0 heterocycles. The lowest BCUT2D eigenvalue weighted by Crippen LogP contribution is -2.19. The van der Waals surface area contributed by atoms with Crippen LogP contribution in [0.25, 0.3) is 0 Å². The molecule has 0 aromatic rings. The maximum absolute atomic E-state index is 9.52. The number of unbranched alkanes of at least 4 members (excludes halogenated alkanes) is 7. The highest BCUT2D eigenvalue weighted by atomic mass is 16.3. The normalized spacial score (nSPS) is 13.4. The Kier molecular flexibility index (Phi) is 18.5. The number of aliphatic hydroxyl groups excluding tert-OH is 1. The fourth-order valence-electron chi connectivity index (χ4n) is 2.22. The summed E-state index contributed by atoms with van der Waals surface area (Å²) in [5, 5.41) is 18.0. The maximum Gasteiger partial charge on any atom is 0.0797 e. The molecule has 1 atom stereocenters. The van der Waals surface area contributed by atoms with Crippen molar-refractivity contribution in [2.75, 3.05) is 6.61 Å². The van der Waals surface area contributed by atoms with Crippen molar-refractivity contribution in [1.82, 2.24) is 0 Å². The standard InChI is InChI=1S/C10H20O.C10H22O/c1-5-10(4,11)8-6-7-9(2)3;1-2-3-4-5-6-7-8-9-10-11/h5,9,11H,1,6-8H2,2-4H3;11H,2-10H2,1H3. The topological polar surface area (TPSA) is 40.5 Å². The Morgan fingerprint density at radius 3 is 1.86 bits per heavy atom. The van der Waals surface area contributed by atoms with E-state index in [0.29, 0.717) is 6.61 Å². The summed E-state index contributed by atoms with van der Waals surface area (Å²) in [5.41, 5.74) is -0.658. The molecule has 0 radical (unpaired) electrons. The molecule has 134 valence electrons. The van der Waals surface area contributed by atoms with Crippen molar-refractivity contribution >= 4 is 0 Å². The SMILES string of the molecule is C=CC(C)(O)CCCC(C)C.CCCCCCCCCCO. The van der Waals surface area contributed by atoms with Gasteiger partial charge in [-0.05, 0) is 25.7 Å². The van der Waals surface area contributed by atoms with E-state index in [1.165, 1.54) is 51.4 Å². The van der Waals surface area contributed by atoms with Crippen molar-refractivity contribution < 1.29 is 10.2 Å². The largest absolute Gasteiger partial charge is 0.396 e. The minimum atomic E-state index is -0.658. The highest BCUT2D eigenvalue weighted by molar-refractivity contribution is 4.91. The molecule has 0 rings (SSSR count). The Hall–Kier alpha value is -0.340. The van der Waals surface area contributed by atoms with Crippen LogP contribution in [0.2, 0.25) is 0 Å². The maximum atomic E-state index is 9.52. The van der Waals surface area contributed by atoms with Gasteiger partial charge >= 0.3 is 0 Å². The summed E-state index contributed by atoms with van der Waals surface area (Å²) in [4.78, 5) is 0. The van der Waals surface area contributed by atoms with Crippen LogP contribution in [0, 0.1) is 5.92 Å². The monoisotopic (exact) mass is 314 g/mol. The van der Waals surface area contributed by atoms with Crippen LogP contribution in [0.5, 0.6) is 0 Å². The molecule has 0 aliphatic heterocycles. The van der Waals surface area contributed by atoms with Gasteiger partial charge in [-0.3, -0.25) is 0 Å². The predicted octanol–water partition coefficient (Wildman–Crippen LogP) is 5.87. The van der Waals surface area contributed by atoms with Gasteiger partial charge in [-0.15, -0.1) is 6.58 Å². The number of hydrogen-bond acceptors (Lipinski definition) is 2. The van der Waals surface area contributed by atoms with E-state index >= 15 is 0 Å². The van der Waals surface area contributed by atoms with Crippen molar-refractivity contribution in [3.8, 4) is 0 Å². The van der Waals surface area contributed by atoms with E-state index in [-0.39, 0.29) is 0 Å². The first kappa shape index (κ1) is 23.9. The third kappa shape index (κ3) is 21.9. The van der Waals surface area contributed by atoms with Crippen molar-refractivity contribution in [3.05, 3.63) is 12.7 Å². The molecule has 1 unspecified atom stereocenters. The summed E-state index contributed by atoms with van der Waals surface area (Å²) in [6.07, 6.45) is 15.1. The Bertz CT molecular complexity index is 214. The van der Waals surface area contributed by atoms with Gasteiger partial charge in [0.1, 0.15) is 0 Å². The zero-order chi connectivity index (χ0) is 17.3. The van der Waals surface area contributed by atoms with Crippen molar-refractivity contribution in [1.29, 1.82) is 0 Å². The number of rotatable bonds is 13. The predicted molar refractivity (Wildman–Crippen MR) is 99.2 cm³/mol. The second kappa shape index (κ2) is 17.0. The summed E-state index contributed by atoms with van der Waals surface area (Å²) in [7, 11) is 0. The number of aliphatic hydroxyl groups is 2. The molecule has 0 aromatic heterocycles. The third-order valence-corrected chi connectivity index (χ3v) is 3.92. The van der Waals surface area contributed by atoms with Gasteiger partial charge in [0.25, 0.3) is 0 Å². The lowest BCUT2D eigenvalue weighted by molar-refractivity contribution is 0.0979. The molecule has 2 heteroatoms. The van der Waals surface area contributed by atoms with Gasteiger partial charge in [0.15, 0.2) is 0 Å². The number of hydrogen-bond donors (Lipinski definition) is 2. The van der Waals surface area contributed by atoms with Gasteiger partial charge < -0.3 is 10.2 Å². The summed E-state index contributed by atoms with van der Waals surface area (Å²) >= 11 is 0. The van der Waals surface area contributed by atoms with Crippen LogP contribution < -0.4 is 0 Å². The average Bonchev–Trinajstić information content (AvgIpc) is 2.46. The van der Waals surface area contributed by atoms with E-state index in [1.54, 1.807) is 13.0 Å². The molecule has 0 aromatic carbocycles. The molecule has 2 N–H and O–H groups in total. The van der Waals surface area contributed by atoms with Gasteiger partial charge in [-0.2, -0.15) is 0 Å². The summed E-state index contributed by atoms with van der Waals surface area (Å²) < 4.78 is 0. The smallest absolute Gasteiger partial charge is 0.0797 e. The molecular weight excluding hydrogens is 272 g/mol. The van der Waals surface area contributed by atoms with Gasteiger partial charge in [-0.1, -0.05) is 84.6 Å². The van der Waals surface area contributed by atoms with Crippen molar-refractivity contribution in [2.24, 2.45) is 5.92 Å². The van der Waals surface area contributed by atoms with E-state index in [2.05, 4.69) is 27.4 Å². The van der Waals surface area contributed by atoms with Crippen LogP contribution in [0.4, 0.5) is 0 Å². The van der Waals surface area contributed by atoms with Gasteiger partial charge in [-0.25, -0.2) is 0 Å². The lowest BCUT2D eigenvalue weighted by atomic mass is 9.96. The first-order valence-electron chi connectivity index (χ1n) is 9.36.